The molecule has 1 heterocycles. The number of hydrogen-bond donors (Lipinski definition) is 1. The molecule has 9 heteroatoms. The quantitative estimate of drug-likeness (QED) is 0.512. The van der Waals surface area contributed by atoms with Crippen molar-refractivity contribution < 1.29 is 33.0 Å². The van der Waals surface area contributed by atoms with Crippen molar-refractivity contribution in [2.45, 2.75) is 24.8 Å². The molecular weight excluding hydrogens is 467 g/mol. The van der Waals surface area contributed by atoms with Crippen LogP contribution in [0.15, 0.2) is 48.5 Å². The maximum absolute atomic E-state index is 13.2. The third kappa shape index (κ3) is 6.89. The highest BCUT2D eigenvalue weighted by atomic mass is 19.1. The van der Waals surface area contributed by atoms with Gasteiger partial charge in [-0.2, -0.15) is 0 Å². The van der Waals surface area contributed by atoms with Crippen LogP contribution in [0.1, 0.15) is 34.7 Å². The second-order valence-electron chi connectivity index (χ2n) is 9.10. The highest BCUT2D eigenvalue weighted by Gasteiger charge is 2.39. The molecule has 8 nitrogen and oxygen atoms in total. The summed E-state index contributed by atoms with van der Waals surface area (Å²) in [6.45, 7) is 1.39. The number of ketones is 1. The molecule has 2 aliphatic rings. The Labute approximate surface area is 209 Å². The zero-order valence-electron chi connectivity index (χ0n) is 20.3. The largest absolute Gasteiger partial charge is 0.497 e. The Hall–Kier alpha value is -3.30. The third-order valence-electron chi connectivity index (χ3n) is 6.54. The summed E-state index contributed by atoms with van der Waals surface area (Å²) in [7, 11) is 1.63. The number of hydrogen-bond acceptors (Lipinski definition) is 6. The van der Waals surface area contributed by atoms with Gasteiger partial charge in [0.1, 0.15) is 24.2 Å². The summed E-state index contributed by atoms with van der Waals surface area (Å²) < 4.78 is 29.3. The number of amides is 2. The first-order chi connectivity index (χ1) is 17.4. The minimum atomic E-state index is -0.971. The molecule has 1 unspecified atom stereocenters. The van der Waals surface area contributed by atoms with Gasteiger partial charge < -0.3 is 24.4 Å². The van der Waals surface area contributed by atoms with E-state index in [1.165, 1.54) is 29.8 Å². The predicted molar refractivity (Wildman–Crippen MR) is 129 cm³/mol. The smallest absolute Gasteiger partial charge is 0.251 e. The predicted octanol–water partition coefficient (Wildman–Crippen LogP) is 2.57. The number of rotatable bonds is 11. The van der Waals surface area contributed by atoms with Crippen LogP contribution in [0.25, 0.3) is 0 Å². The number of nitrogens with zero attached hydrogens (tertiary/aromatic N) is 1. The van der Waals surface area contributed by atoms with E-state index in [1.54, 1.807) is 12.0 Å². The number of ether oxygens (including phenoxy) is 3. The van der Waals surface area contributed by atoms with Crippen LogP contribution in [0.2, 0.25) is 0 Å². The van der Waals surface area contributed by atoms with Crippen LogP contribution >= 0.6 is 0 Å². The van der Waals surface area contributed by atoms with Crippen molar-refractivity contribution in [2.24, 2.45) is 5.92 Å². The van der Waals surface area contributed by atoms with Gasteiger partial charge in [0.05, 0.1) is 26.9 Å². The van der Waals surface area contributed by atoms with E-state index in [9.17, 15) is 18.8 Å². The van der Waals surface area contributed by atoms with Gasteiger partial charge in [-0.05, 0) is 60.2 Å². The monoisotopic (exact) mass is 498 g/mol. The number of Topliss-reactive ketones (excluding diaryl/α,β-unsaturated/α-hetero) is 1. The lowest BCUT2D eigenvalue weighted by Crippen LogP contribution is -2.53. The van der Waals surface area contributed by atoms with Gasteiger partial charge in [0, 0.05) is 25.1 Å². The van der Waals surface area contributed by atoms with E-state index in [4.69, 9.17) is 14.2 Å². The van der Waals surface area contributed by atoms with Gasteiger partial charge in [-0.1, -0.05) is 12.1 Å². The Morgan fingerprint density at radius 1 is 1.08 bits per heavy atom. The third-order valence-corrected chi connectivity index (χ3v) is 6.54. The van der Waals surface area contributed by atoms with E-state index < -0.39 is 17.8 Å². The Bertz CT molecular complexity index is 1050. The highest BCUT2D eigenvalue weighted by Crippen LogP contribution is 2.49. The first-order valence-corrected chi connectivity index (χ1v) is 12.1. The van der Waals surface area contributed by atoms with Crippen LogP contribution in [-0.2, 0) is 19.1 Å². The van der Waals surface area contributed by atoms with Gasteiger partial charge >= 0.3 is 0 Å². The first-order valence-electron chi connectivity index (χ1n) is 12.1. The molecule has 1 N–H and O–H groups in total. The maximum atomic E-state index is 13.2. The molecule has 0 aromatic heterocycles. The number of methoxy groups -OCH3 is 1. The summed E-state index contributed by atoms with van der Waals surface area (Å²) in [5.41, 5.74) is 1.42. The van der Waals surface area contributed by atoms with Crippen molar-refractivity contribution in [1.29, 1.82) is 0 Å². The molecule has 0 spiro atoms. The lowest BCUT2D eigenvalue weighted by atomic mass is 10.1. The number of benzene rings is 2. The average Bonchev–Trinajstić information content (AvgIpc) is 3.67. The van der Waals surface area contributed by atoms with Crippen molar-refractivity contribution >= 4 is 17.6 Å². The molecular formula is C27H31FN2O6. The fourth-order valence-electron chi connectivity index (χ4n) is 4.40. The van der Waals surface area contributed by atoms with Crippen molar-refractivity contribution in [3.63, 3.8) is 0 Å². The van der Waals surface area contributed by atoms with E-state index in [0.29, 0.717) is 38.6 Å². The molecule has 3 atom stereocenters. The molecule has 0 bridgehead atoms. The fourth-order valence-corrected chi connectivity index (χ4v) is 4.40. The number of morpholine rings is 1. The highest BCUT2D eigenvalue weighted by molar-refractivity contribution is 5.97. The second kappa shape index (κ2) is 12.1. The molecule has 2 fully saturated rings. The number of halogens is 1. The lowest BCUT2D eigenvalue weighted by molar-refractivity contribution is -0.140. The first kappa shape index (κ1) is 25.8. The SMILES string of the molecule is COc1ccc([C@@H]2CC2CC(=O)COC[C@H](NC(=O)c2ccc(F)cc2)C(=O)N2CCOCC2)cc1. The van der Waals surface area contributed by atoms with Crippen molar-refractivity contribution in [2.75, 3.05) is 46.6 Å². The van der Waals surface area contributed by atoms with Gasteiger partial charge in [0.2, 0.25) is 5.91 Å². The Kier molecular flexibility index (Phi) is 8.66. The summed E-state index contributed by atoms with van der Waals surface area (Å²) in [6, 6.07) is 12.0. The number of carbonyl (C=O) groups is 3. The molecule has 1 aliphatic carbocycles. The minimum absolute atomic E-state index is 0.0431. The van der Waals surface area contributed by atoms with Crippen LogP contribution in [0.5, 0.6) is 5.75 Å². The molecule has 0 radical (unpaired) electrons. The molecule has 1 saturated carbocycles. The summed E-state index contributed by atoms with van der Waals surface area (Å²) in [6.07, 6.45) is 1.35. The summed E-state index contributed by atoms with van der Waals surface area (Å²) in [4.78, 5) is 39.8. The number of nitrogens with one attached hydrogen (secondary N) is 1. The Morgan fingerprint density at radius 2 is 1.78 bits per heavy atom. The number of carbonyl (C=O) groups excluding carboxylic acids is 3. The average molecular weight is 499 g/mol. The topological polar surface area (TPSA) is 94.2 Å². The summed E-state index contributed by atoms with van der Waals surface area (Å²) in [5, 5.41) is 2.67. The summed E-state index contributed by atoms with van der Waals surface area (Å²) >= 11 is 0. The molecule has 36 heavy (non-hydrogen) atoms. The summed E-state index contributed by atoms with van der Waals surface area (Å²) in [5.74, 6) is 0.106. The van der Waals surface area contributed by atoms with Gasteiger partial charge in [0.15, 0.2) is 5.78 Å². The van der Waals surface area contributed by atoms with Crippen molar-refractivity contribution in [3.8, 4) is 5.75 Å². The van der Waals surface area contributed by atoms with Gasteiger partial charge in [0.25, 0.3) is 5.91 Å². The molecule has 2 amide bonds. The van der Waals surface area contributed by atoms with Crippen LogP contribution < -0.4 is 10.1 Å². The van der Waals surface area contributed by atoms with Crippen LogP contribution in [0.4, 0.5) is 4.39 Å². The van der Waals surface area contributed by atoms with E-state index >= 15 is 0 Å². The fraction of sp³-hybridized carbons (Fsp3) is 0.444. The van der Waals surface area contributed by atoms with Crippen molar-refractivity contribution in [1.82, 2.24) is 10.2 Å². The van der Waals surface area contributed by atoms with E-state index in [1.807, 2.05) is 24.3 Å². The normalized spacial score (nSPS) is 19.9. The zero-order valence-corrected chi connectivity index (χ0v) is 20.3. The lowest BCUT2D eigenvalue weighted by Gasteiger charge is -2.30. The van der Waals surface area contributed by atoms with Crippen LogP contribution in [-0.4, -0.2) is 75.2 Å². The Balaban J connectivity index is 1.28. The molecule has 4 rings (SSSR count). The van der Waals surface area contributed by atoms with Crippen LogP contribution in [0.3, 0.4) is 0 Å². The van der Waals surface area contributed by atoms with E-state index in [2.05, 4.69) is 5.32 Å². The van der Waals surface area contributed by atoms with E-state index in [-0.39, 0.29) is 36.4 Å². The standard InChI is InChI=1S/C27H31FN2O6/c1-34-23-8-4-18(5-9-23)24-15-20(24)14-22(31)16-36-17-25(27(33)30-10-12-35-13-11-30)29-26(32)19-2-6-21(28)7-3-19/h2-9,20,24-25H,10-17H2,1H3,(H,29,32)/t20?,24-,25-/m0/s1. The van der Waals surface area contributed by atoms with Gasteiger partial charge in [-0.3, -0.25) is 14.4 Å². The minimum Gasteiger partial charge on any atom is -0.497 e. The molecule has 2 aromatic carbocycles. The Morgan fingerprint density at radius 3 is 2.44 bits per heavy atom. The molecule has 1 saturated heterocycles. The molecule has 2 aromatic rings. The van der Waals surface area contributed by atoms with Gasteiger partial charge in [-0.15, -0.1) is 0 Å². The zero-order chi connectivity index (χ0) is 25.5. The maximum Gasteiger partial charge on any atom is 0.251 e. The second-order valence-corrected chi connectivity index (χ2v) is 9.10. The molecule has 192 valence electrons. The molecule has 1 aliphatic heterocycles. The van der Waals surface area contributed by atoms with Crippen molar-refractivity contribution in [3.05, 3.63) is 65.5 Å². The van der Waals surface area contributed by atoms with Crippen LogP contribution in [0, 0.1) is 11.7 Å². The van der Waals surface area contributed by atoms with E-state index in [0.717, 1.165) is 12.2 Å². The van der Waals surface area contributed by atoms with Gasteiger partial charge in [-0.25, -0.2) is 4.39 Å².